The van der Waals surface area contributed by atoms with E-state index in [4.69, 9.17) is 21.1 Å². The van der Waals surface area contributed by atoms with Crippen LogP contribution in [0.1, 0.15) is 24.0 Å². The Balaban J connectivity index is 1.97. The highest BCUT2D eigenvalue weighted by molar-refractivity contribution is 6.31. The normalized spacial score (nSPS) is 16.4. The van der Waals surface area contributed by atoms with Gasteiger partial charge in [-0.1, -0.05) is 11.6 Å². The number of amides is 1. The maximum Gasteiger partial charge on any atom is 0.234 e. The summed E-state index contributed by atoms with van der Waals surface area (Å²) in [6.07, 6.45) is 0. The first-order chi connectivity index (χ1) is 11.0. The molecule has 2 aromatic carbocycles. The van der Waals surface area contributed by atoms with Gasteiger partial charge < -0.3 is 14.4 Å². The maximum absolute atomic E-state index is 12.6. The molecular formula is C18H18ClNO3. The largest absolute Gasteiger partial charge is 0.497 e. The van der Waals surface area contributed by atoms with E-state index in [-0.39, 0.29) is 11.8 Å². The zero-order chi connectivity index (χ0) is 16.6. The Kier molecular flexibility index (Phi) is 4.18. The van der Waals surface area contributed by atoms with Gasteiger partial charge in [-0.2, -0.15) is 0 Å². The number of carbonyl (C=O) groups excluding carboxylic acids is 1. The SMILES string of the molecule is COc1ccc(CN2C(=O)[C@H](C)c3cc(Cl)ccc32)c(OC)c1. The van der Waals surface area contributed by atoms with Gasteiger partial charge in [0.25, 0.3) is 0 Å². The van der Waals surface area contributed by atoms with Gasteiger partial charge >= 0.3 is 0 Å². The predicted octanol–water partition coefficient (Wildman–Crippen LogP) is 4.01. The van der Waals surface area contributed by atoms with Gasteiger partial charge in [-0.3, -0.25) is 4.79 Å². The van der Waals surface area contributed by atoms with E-state index in [0.717, 1.165) is 22.6 Å². The number of carbonyl (C=O) groups is 1. The van der Waals surface area contributed by atoms with Crippen molar-refractivity contribution in [3.05, 3.63) is 52.5 Å². The number of anilines is 1. The standard InChI is InChI=1S/C18H18ClNO3/c1-11-15-8-13(19)5-7-16(15)20(18(11)21)10-12-4-6-14(22-2)9-17(12)23-3/h4-9,11H,10H2,1-3H3/t11-/m1/s1. The van der Waals surface area contributed by atoms with E-state index in [9.17, 15) is 4.79 Å². The topological polar surface area (TPSA) is 38.8 Å². The van der Waals surface area contributed by atoms with Crippen LogP contribution in [0.2, 0.25) is 5.02 Å². The quantitative estimate of drug-likeness (QED) is 0.849. The van der Waals surface area contributed by atoms with E-state index in [1.54, 1.807) is 19.1 Å². The Bertz CT molecular complexity index is 760. The Morgan fingerprint density at radius 2 is 1.91 bits per heavy atom. The summed E-state index contributed by atoms with van der Waals surface area (Å²) < 4.78 is 10.6. The molecule has 1 heterocycles. The van der Waals surface area contributed by atoms with E-state index in [1.165, 1.54) is 0 Å². The van der Waals surface area contributed by atoms with Crippen molar-refractivity contribution in [3.63, 3.8) is 0 Å². The number of ether oxygens (including phenoxy) is 2. The molecule has 0 fully saturated rings. The first-order valence-corrected chi connectivity index (χ1v) is 7.74. The minimum atomic E-state index is -0.187. The van der Waals surface area contributed by atoms with Crippen molar-refractivity contribution < 1.29 is 14.3 Å². The van der Waals surface area contributed by atoms with Gasteiger partial charge in [0.05, 0.1) is 26.7 Å². The van der Waals surface area contributed by atoms with Crippen LogP contribution in [0.25, 0.3) is 0 Å². The predicted molar refractivity (Wildman–Crippen MR) is 90.6 cm³/mol. The van der Waals surface area contributed by atoms with Gasteiger partial charge in [-0.15, -0.1) is 0 Å². The average Bonchev–Trinajstić information content (AvgIpc) is 2.80. The molecular weight excluding hydrogens is 314 g/mol. The molecule has 0 saturated heterocycles. The molecule has 3 rings (SSSR count). The van der Waals surface area contributed by atoms with Crippen molar-refractivity contribution in [3.8, 4) is 11.5 Å². The van der Waals surface area contributed by atoms with Crippen molar-refractivity contribution in [2.24, 2.45) is 0 Å². The Morgan fingerprint density at radius 1 is 1.13 bits per heavy atom. The Morgan fingerprint density at radius 3 is 2.61 bits per heavy atom. The Labute approximate surface area is 140 Å². The monoisotopic (exact) mass is 331 g/mol. The van der Waals surface area contributed by atoms with E-state index < -0.39 is 0 Å². The van der Waals surface area contributed by atoms with Gasteiger partial charge in [0.1, 0.15) is 11.5 Å². The van der Waals surface area contributed by atoms with E-state index in [0.29, 0.717) is 17.3 Å². The summed E-state index contributed by atoms with van der Waals surface area (Å²) in [7, 11) is 3.22. The molecule has 0 spiro atoms. The number of hydrogen-bond donors (Lipinski definition) is 0. The highest BCUT2D eigenvalue weighted by atomic mass is 35.5. The molecule has 0 aliphatic carbocycles. The lowest BCUT2D eigenvalue weighted by atomic mass is 10.0. The van der Waals surface area contributed by atoms with Crippen LogP contribution in [-0.4, -0.2) is 20.1 Å². The van der Waals surface area contributed by atoms with E-state index in [1.807, 2.05) is 43.3 Å². The number of methoxy groups -OCH3 is 2. The van der Waals surface area contributed by atoms with Crippen LogP contribution in [0.3, 0.4) is 0 Å². The van der Waals surface area contributed by atoms with Crippen molar-refractivity contribution in [1.82, 2.24) is 0 Å². The van der Waals surface area contributed by atoms with Crippen LogP contribution >= 0.6 is 11.6 Å². The summed E-state index contributed by atoms with van der Waals surface area (Å²) in [5.74, 6) is 1.30. The maximum atomic E-state index is 12.6. The lowest BCUT2D eigenvalue weighted by molar-refractivity contribution is -0.119. The fourth-order valence-electron chi connectivity index (χ4n) is 2.92. The second kappa shape index (κ2) is 6.13. The molecule has 23 heavy (non-hydrogen) atoms. The van der Waals surface area contributed by atoms with Crippen molar-refractivity contribution in [2.75, 3.05) is 19.1 Å². The van der Waals surface area contributed by atoms with Crippen molar-refractivity contribution in [1.29, 1.82) is 0 Å². The Hall–Kier alpha value is -2.20. The van der Waals surface area contributed by atoms with Crippen molar-refractivity contribution in [2.45, 2.75) is 19.4 Å². The smallest absolute Gasteiger partial charge is 0.234 e. The zero-order valence-corrected chi connectivity index (χ0v) is 14.1. The lowest BCUT2D eigenvalue weighted by Crippen LogP contribution is -2.27. The number of benzene rings is 2. The minimum absolute atomic E-state index is 0.0696. The molecule has 1 aliphatic rings. The molecule has 5 heteroatoms. The lowest BCUT2D eigenvalue weighted by Gasteiger charge is -2.20. The second-order valence-corrected chi connectivity index (χ2v) is 5.96. The van der Waals surface area contributed by atoms with Gasteiger partial charge in [-0.25, -0.2) is 0 Å². The molecule has 0 radical (unpaired) electrons. The first-order valence-electron chi connectivity index (χ1n) is 7.37. The van der Waals surface area contributed by atoms with Crippen LogP contribution in [0.15, 0.2) is 36.4 Å². The van der Waals surface area contributed by atoms with E-state index >= 15 is 0 Å². The minimum Gasteiger partial charge on any atom is -0.497 e. The highest BCUT2D eigenvalue weighted by Gasteiger charge is 2.34. The van der Waals surface area contributed by atoms with Crippen LogP contribution in [-0.2, 0) is 11.3 Å². The molecule has 2 aromatic rings. The van der Waals surface area contributed by atoms with Crippen molar-refractivity contribution >= 4 is 23.2 Å². The van der Waals surface area contributed by atoms with Gasteiger partial charge in [0.2, 0.25) is 5.91 Å². The molecule has 0 aromatic heterocycles. The van der Waals surface area contributed by atoms with Crippen LogP contribution in [0, 0.1) is 0 Å². The molecule has 0 unspecified atom stereocenters. The molecule has 0 saturated carbocycles. The van der Waals surface area contributed by atoms with Gasteiger partial charge in [-0.05, 0) is 42.8 Å². The third-order valence-corrected chi connectivity index (χ3v) is 4.44. The summed E-state index contributed by atoms with van der Waals surface area (Å²) in [6.45, 7) is 2.35. The van der Waals surface area contributed by atoms with Gasteiger partial charge in [0.15, 0.2) is 0 Å². The third-order valence-electron chi connectivity index (χ3n) is 4.21. The fraction of sp³-hybridized carbons (Fsp3) is 0.278. The molecule has 1 atom stereocenters. The number of fused-ring (bicyclic) bond motifs is 1. The summed E-state index contributed by atoms with van der Waals surface area (Å²) in [4.78, 5) is 14.4. The number of halogens is 1. The molecule has 0 bridgehead atoms. The molecule has 0 N–H and O–H groups in total. The molecule has 1 amide bonds. The average molecular weight is 332 g/mol. The molecule has 120 valence electrons. The second-order valence-electron chi connectivity index (χ2n) is 5.53. The number of nitrogens with zero attached hydrogens (tertiary/aromatic N) is 1. The fourth-order valence-corrected chi connectivity index (χ4v) is 3.10. The summed E-state index contributed by atoms with van der Waals surface area (Å²) in [5, 5.41) is 0.646. The third kappa shape index (κ3) is 2.75. The van der Waals surface area contributed by atoms with Gasteiger partial charge in [0, 0.05) is 22.3 Å². The van der Waals surface area contributed by atoms with E-state index in [2.05, 4.69) is 0 Å². The molecule has 4 nitrogen and oxygen atoms in total. The van der Waals surface area contributed by atoms with Crippen LogP contribution in [0.5, 0.6) is 11.5 Å². The zero-order valence-electron chi connectivity index (χ0n) is 13.3. The van der Waals surface area contributed by atoms with Crippen LogP contribution < -0.4 is 14.4 Å². The highest BCUT2D eigenvalue weighted by Crippen LogP contribution is 2.40. The van der Waals surface area contributed by atoms with Crippen LogP contribution in [0.4, 0.5) is 5.69 Å². The summed E-state index contributed by atoms with van der Waals surface area (Å²) >= 11 is 6.06. The number of rotatable bonds is 4. The molecule has 1 aliphatic heterocycles. The first kappa shape index (κ1) is 15.7. The number of hydrogen-bond acceptors (Lipinski definition) is 3. The summed E-state index contributed by atoms with van der Waals surface area (Å²) in [6, 6.07) is 11.2. The summed E-state index contributed by atoms with van der Waals surface area (Å²) in [5.41, 5.74) is 2.80.